The van der Waals surface area contributed by atoms with Gasteiger partial charge < -0.3 is 10.0 Å². The third-order valence-electron chi connectivity index (χ3n) is 4.44. The number of likely N-dealkylation sites (N-methyl/N-ethyl adjacent to an activating group) is 1. The van der Waals surface area contributed by atoms with Crippen molar-refractivity contribution in [3.63, 3.8) is 0 Å². The molecule has 1 fully saturated rings. The summed E-state index contributed by atoms with van der Waals surface area (Å²) >= 11 is 0. The summed E-state index contributed by atoms with van der Waals surface area (Å²) in [6, 6.07) is 4.42. The highest BCUT2D eigenvalue weighted by atomic mass is 19.1. The zero-order valence-corrected chi connectivity index (χ0v) is 13.6. The number of benzene rings is 1. The van der Waals surface area contributed by atoms with Crippen LogP contribution in [0.25, 0.3) is 0 Å². The number of aryl methyl sites for hydroxylation is 1. The Morgan fingerprint density at radius 3 is 2.57 bits per heavy atom. The van der Waals surface area contributed by atoms with Crippen molar-refractivity contribution in [2.24, 2.45) is 0 Å². The van der Waals surface area contributed by atoms with E-state index in [-0.39, 0.29) is 18.5 Å². The SMILES string of the molecule is CCN(CC(=O)O)C1CCN(C(=O)c2cc(F)ccc2C)CC1. The number of carboxylic acid groups (broad SMARTS) is 1. The van der Waals surface area contributed by atoms with Gasteiger partial charge in [0.25, 0.3) is 5.91 Å². The van der Waals surface area contributed by atoms with E-state index >= 15 is 0 Å². The number of halogens is 1. The second-order valence-electron chi connectivity index (χ2n) is 5.94. The predicted octanol–water partition coefficient (Wildman–Crippen LogP) is 2.15. The largest absolute Gasteiger partial charge is 0.480 e. The minimum atomic E-state index is -0.833. The molecule has 0 unspecified atom stereocenters. The fourth-order valence-electron chi connectivity index (χ4n) is 3.10. The summed E-state index contributed by atoms with van der Waals surface area (Å²) in [5.74, 6) is -1.39. The zero-order valence-electron chi connectivity index (χ0n) is 13.6. The topological polar surface area (TPSA) is 60.9 Å². The molecule has 1 amide bonds. The molecule has 23 heavy (non-hydrogen) atoms. The van der Waals surface area contributed by atoms with Crippen LogP contribution in [0.3, 0.4) is 0 Å². The second-order valence-corrected chi connectivity index (χ2v) is 5.94. The Bertz CT molecular complexity index is 583. The number of aliphatic carboxylic acids is 1. The Labute approximate surface area is 135 Å². The molecule has 0 radical (unpaired) electrons. The van der Waals surface area contributed by atoms with Gasteiger partial charge in [-0.2, -0.15) is 0 Å². The Kier molecular flexibility index (Phi) is 5.71. The Morgan fingerprint density at radius 2 is 2.00 bits per heavy atom. The van der Waals surface area contributed by atoms with Crippen molar-refractivity contribution in [2.75, 3.05) is 26.2 Å². The molecule has 1 aromatic rings. The van der Waals surface area contributed by atoms with Gasteiger partial charge in [-0.05, 0) is 44.0 Å². The molecule has 126 valence electrons. The summed E-state index contributed by atoms with van der Waals surface area (Å²) in [5, 5.41) is 8.95. The summed E-state index contributed by atoms with van der Waals surface area (Å²) < 4.78 is 13.4. The van der Waals surface area contributed by atoms with Gasteiger partial charge in [-0.15, -0.1) is 0 Å². The van der Waals surface area contributed by atoms with E-state index in [1.807, 2.05) is 11.8 Å². The van der Waals surface area contributed by atoms with Crippen molar-refractivity contribution in [3.8, 4) is 0 Å². The molecule has 0 aromatic heterocycles. The standard InChI is InChI=1S/C17H23FN2O3/c1-3-19(11-16(21)22)14-6-8-20(9-7-14)17(23)15-10-13(18)5-4-12(15)2/h4-5,10,14H,3,6-9,11H2,1-2H3,(H,21,22). The van der Waals surface area contributed by atoms with Crippen LogP contribution in [-0.2, 0) is 4.79 Å². The zero-order chi connectivity index (χ0) is 17.0. The molecule has 1 aliphatic heterocycles. The molecule has 1 aliphatic rings. The smallest absolute Gasteiger partial charge is 0.317 e. The summed E-state index contributed by atoms with van der Waals surface area (Å²) in [6.45, 7) is 5.57. The molecule has 1 saturated heterocycles. The summed E-state index contributed by atoms with van der Waals surface area (Å²) in [7, 11) is 0. The van der Waals surface area contributed by atoms with Crippen molar-refractivity contribution < 1.29 is 19.1 Å². The molecule has 1 N–H and O–H groups in total. The number of amides is 1. The number of likely N-dealkylation sites (tertiary alicyclic amines) is 1. The van der Waals surface area contributed by atoms with Crippen molar-refractivity contribution in [1.82, 2.24) is 9.80 Å². The number of nitrogens with zero attached hydrogens (tertiary/aromatic N) is 2. The van der Waals surface area contributed by atoms with Gasteiger partial charge in [-0.1, -0.05) is 13.0 Å². The lowest BCUT2D eigenvalue weighted by Gasteiger charge is -2.37. The molecular weight excluding hydrogens is 299 g/mol. The first kappa shape index (κ1) is 17.4. The van der Waals surface area contributed by atoms with Crippen molar-refractivity contribution in [3.05, 3.63) is 35.1 Å². The summed E-state index contributed by atoms with van der Waals surface area (Å²) in [6.07, 6.45) is 1.47. The van der Waals surface area contributed by atoms with Crippen LogP contribution in [-0.4, -0.2) is 59.0 Å². The van der Waals surface area contributed by atoms with E-state index in [4.69, 9.17) is 5.11 Å². The first-order valence-corrected chi connectivity index (χ1v) is 7.93. The molecule has 2 rings (SSSR count). The maximum atomic E-state index is 13.4. The number of hydrogen-bond donors (Lipinski definition) is 1. The van der Waals surface area contributed by atoms with Gasteiger partial charge in [0, 0.05) is 24.7 Å². The Morgan fingerprint density at radius 1 is 1.35 bits per heavy atom. The molecule has 1 heterocycles. The third kappa shape index (κ3) is 4.28. The van der Waals surface area contributed by atoms with E-state index in [1.54, 1.807) is 17.9 Å². The number of carboxylic acids is 1. The first-order chi connectivity index (χ1) is 10.9. The van der Waals surface area contributed by atoms with E-state index in [2.05, 4.69) is 0 Å². The second kappa shape index (κ2) is 7.55. The van der Waals surface area contributed by atoms with E-state index in [1.165, 1.54) is 12.1 Å². The van der Waals surface area contributed by atoms with Gasteiger partial charge in [0.1, 0.15) is 5.82 Å². The number of hydrogen-bond acceptors (Lipinski definition) is 3. The van der Waals surface area contributed by atoms with Gasteiger partial charge in [-0.3, -0.25) is 14.5 Å². The normalized spacial score (nSPS) is 15.9. The molecule has 5 nitrogen and oxygen atoms in total. The molecule has 6 heteroatoms. The maximum absolute atomic E-state index is 13.4. The van der Waals surface area contributed by atoms with Gasteiger partial charge in [-0.25, -0.2) is 4.39 Å². The average Bonchev–Trinajstić information content (AvgIpc) is 2.54. The molecule has 0 saturated carbocycles. The van der Waals surface area contributed by atoms with Crippen molar-refractivity contribution in [1.29, 1.82) is 0 Å². The highest BCUT2D eigenvalue weighted by molar-refractivity contribution is 5.95. The third-order valence-corrected chi connectivity index (χ3v) is 4.44. The van der Waals surface area contributed by atoms with Crippen LogP contribution in [0, 0.1) is 12.7 Å². The van der Waals surface area contributed by atoms with Crippen LogP contribution in [0.2, 0.25) is 0 Å². The minimum Gasteiger partial charge on any atom is -0.480 e. The molecule has 0 bridgehead atoms. The van der Waals surface area contributed by atoms with E-state index in [9.17, 15) is 14.0 Å². The van der Waals surface area contributed by atoms with E-state index < -0.39 is 11.8 Å². The molecular formula is C17H23FN2O3. The van der Waals surface area contributed by atoms with E-state index in [0.717, 1.165) is 18.4 Å². The lowest BCUT2D eigenvalue weighted by Crippen LogP contribution is -2.48. The quantitative estimate of drug-likeness (QED) is 0.902. The van der Waals surface area contributed by atoms with Gasteiger partial charge in [0.2, 0.25) is 0 Å². The van der Waals surface area contributed by atoms with Crippen molar-refractivity contribution >= 4 is 11.9 Å². The molecule has 0 aliphatic carbocycles. The number of carbonyl (C=O) groups excluding carboxylic acids is 1. The highest BCUT2D eigenvalue weighted by Crippen LogP contribution is 2.20. The Balaban J connectivity index is 1.99. The number of carbonyl (C=O) groups is 2. The fourth-order valence-corrected chi connectivity index (χ4v) is 3.10. The van der Waals surface area contributed by atoms with Crippen LogP contribution < -0.4 is 0 Å². The predicted molar refractivity (Wildman–Crippen MR) is 84.9 cm³/mol. The maximum Gasteiger partial charge on any atom is 0.317 e. The van der Waals surface area contributed by atoms with Crippen LogP contribution >= 0.6 is 0 Å². The molecule has 0 atom stereocenters. The lowest BCUT2D eigenvalue weighted by atomic mass is 10.0. The minimum absolute atomic E-state index is 0.0259. The Hall–Kier alpha value is -1.95. The van der Waals surface area contributed by atoms with Gasteiger partial charge in [0.15, 0.2) is 0 Å². The number of piperidine rings is 1. The van der Waals surface area contributed by atoms with Gasteiger partial charge >= 0.3 is 5.97 Å². The van der Waals surface area contributed by atoms with Gasteiger partial charge in [0.05, 0.1) is 6.54 Å². The highest BCUT2D eigenvalue weighted by Gasteiger charge is 2.28. The summed E-state index contributed by atoms with van der Waals surface area (Å²) in [4.78, 5) is 27.1. The van der Waals surface area contributed by atoms with Crippen LogP contribution in [0.4, 0.5) is 4.39 Å². The van der Waals surface area contributed by atoms with Crippen LogP contribution in [0.5, 0.6) is 0 Å². The van der Waals surface area contributed by atoms with Crippen LogP contribution in [0.1, 0.15) is 35.7 Å². The molecule has 1 aromatic carbocycles. The van der Waals surface area contributed by atoms with Crippen molar-refractivity contribution in [2.45, 2.75) is 32.7 Å². The number of rotatable bonds is 5. The monoisotopic (exact) mass is 322 g/mol. The molecule has 0 spiro atoms. The fraction of sp³-hybridized carbons (Fsp3) is 0.529. The van der Waals surface area contributed by atoms with Crippen LogP contribution in [0.15, 0.2) is 18.2 Å². The lowest BCUT2D eigenvalue weighted by molar-refractivity contribution is -0.139. The summed E-state index contributed by atoms with van der Waals surface area (Å²) in [5.41, 5.74) is 1.17. The average molecular weight is 322 g/mol. The first-order valence-electron chi connectivity index (χ1n) is 7.93. The van der Waals surface area contributed by atoms with E-state index in [0.29, 0.717) is 25.2 Å².